The van der Waals surface area contributed by atoms with Crippen LogP contribution in [0.25, 0.3) is 10.9 Å². The summed E-state index contributed by atoms with van der Waals surface area (Å²) >= 11 is 0. The van der Waals surface area contributed by atoms with E-state index in [9.17, 15) is 14.7 Å². The van der Waals surface area contributed by atoms with E-state index in [2.05, 4.69) is 4.98 Å². The molecule has 3 heterocycles. The van der Waals surface area contributed by atoms with Crippen molar-refractivity contribution < 1.29 is 23.8 Å². The number of fused-ring (bicyclic) bond motifs is 4. The van der Waals surface area contributed by atoms with Gasteiger partial charge in [0.05, 0.1) is 7.11 Å². The summed E-state index contributed by atoms with van der Waals surface area (Å²) in [5.41, 5.74) is 1.24. The van der Waals surface area contributed by atoms with Gasteiger partial charge in [-0.2, -0.15) is 0 Å². The molecule has 9 heteroatoms. The molecule has 1 fully saturated rings. The van der Waals surface area contributed by atoms with E-state index < -0.39 is 23.4 Å². The number of hydrogen-bond acceptors (Lipinski definition) is 5. The van der Waals surface area contributed by atoms with Gasteiger partial charge in [-0.1, -0.05) is 19.1 Å². The third-order valence-corrected chi connectivity index (χ3v) is 7.38. The number of benzene rings is 2. The molecule has 1 saturated heterocycles. The first-order valence-electron chi connectivity index (χ1n) is 11.7. The first-order valence-corrected chi connectivity index (χ1v) is 11.7. The Balaban J connectivity index is 1.71. The standard InChI is InChI=1S/C26H29FN4O4/c1-5-29(3)11-12-30-24(33)26(2)14-17-20-18(9-10-19(35-4)21(20)27)28-22(17)23(31(26)25(30)34)15-7-6-8-16(32)13-15/h6-10,13,23,28,32H,5,11-12,14H2,1-4H3. The zero-order valence-electron chi connectivity index (χ0n) is 20.3. The van der Waals surface area contributed by atoms with Gasteiger partial charge in [-0.15, -0.1) is 0 Å². The maximum atomic E-state index is 15.5. The Morgan fingerprint density at radius 2 is 2.06 bits per heavy atom. The van der Waals surface area contributed by atoms with Gasteiger partial charge in [-0.05, 0) is 55.9 Å². The number of carbonyl (C=O) groups excluding carboxylic acids is 2. The summed E-state index contributed by atoms with van der Waals surface area (Å²) in [6.45, 7) is 5.36. The van der Waals surface area contributed by atoms with Gasteiger partial charge in [-0.25, -0.2) is 9.18 Å². The molecule has 2 unspecified atom stereocenters. The maximum Gasteiger partial charge on any atom is 0.328 e. The molecule has 0 radical (unpaired) electrons. The summed E-state index contributed by atoms with van der Waals surface area (Å²) in [6, 6.07) is 8.80. The lowest BCUT2D eigenvalue weighted by molar-refractivity contribution is -0.133. The van der Waals surface area contributed by atoms with Crippen molar-refractivity contribution >= 4 is 22.8 Å². The van der Waals surface area contributed by atoms with Crippen molar-refractivity contribution in [1.82, 2.24) is 19.7 Å². The van der Waals surface area contributed by atoms with Crippen molar-refractivity contribution in [2.75, 3.05) is 33.8 Å². The minimum absolute atomic E-state index is 0.0414. The Labute approximate surface area is 202 Å². The number of methoxy groups -OCH3 is 1. The Hall–Kier alpha value is -3.59. The van der Waals surface area contributed by atoms with Crippen molar-refractivity contribution in [3.63, 3.8) is 0 Å². The molecule has 8 nitrogen and oxygen atoms in total. The fraction of sp³-hybridized carbons (Fsp3) is 0.385. The number of nitrogens with zero attached hydrogens (tertiary/aromatic N) is 3. The van der Waals surface area contributed by atoms with Crippen LogP contribution in [-0.2, 0) is 11.2 Å². The molecule has 3 amide bonds. The molecule has 5 rings (SSSR count). The molecule has 0 spiro atoms. The average molecular weight is 481 g/mol. The smallest absolute Gasteiger partial charge is 0.328 e. The average Bonchev–Trinajstić information content (AvgIpc) is 3.29. The largest absolute Gasteiger partial charge is 0.508 e. The van der Waals surface area contributed by atoms with Crippen LogP contribution in [0.4, 0.5) is 9.18 Å². The SMILES string of the molecule is CCN(C)CCN1C(=O)N2C(c3cccc(O)c3)c3[nH]c4ccc(OC)c(F)c4c3CC2(C)C1=O. The Morgan fingerprint density at radius 3 is 2.74 bits per heavy atom. The van der Waals surface area contributed by atoms with E-state index in [4.69, 9.17) is 4.74 Å². The number of imide groups is 1. The quantitative estimate of drug-likeness (QED) is 0.526. The molecule has 0 saturated carbocycles. The molecule has 2 N–H and O–H groups in total. The molecular weight excluding hydrogens is 451 g/mol. The van der Waals surface area contributed by atoms with Crippen LogP contribution in [-0.4, -0.2) is 76.1 Å². The Bertz CT molecular complexity index is 1340. The number of urea groups is 1. The van der Waals surface area contributed by atoms with Gasteiger partial charge in [0.15, 0.2) is 11.6 Å². The molecule has 0 aliphatic carbocycles. The third kappa shape index (κ3) is 3.36. The monoisotopic (exact) mass is 480 g/mol. The third-order valence-electron chi connectivity index (χ3n) is 7.38. The zero-order chi connectivity index (χ0) is 25.1. The van der Waals surface area contributed by atoms with Gasteiger partial charge >= 0.3 is 6.03 Å². The molecular formula is C26H29FN4O4. The van der Waals surface area contributed by atoms with Crippen LogP contribution in [0.1, 0.15) is 36.7 Å². The zero-order valence-corrected chi connectivity index (χ0v) is 20.3. The second-order valence-electron chi connectivity index (χ2n) is 9.48. The number of ether oxygens (including phenoxy) is 1. The predicted octanol–water partition coefficient (Wildman–Crippen LogP) is 3.64. The van der Waals surface area contributed by atoms with Crippen molar-refractivity contribution in [2.24, 2.45) is 0 Å². The predicted molar refractivity (Wildman–Crippen MR) is 129 cm³/mol. The number of aromatic amines is 1. The number of nitrogens with one attached hydrogen (secondary N) is 1. The van der Waals surface area contributed by atoms with Gasteiger partial charge in [0, 0.05) is 36.1 Å². The van der Waals surface area contributed by atoms with E-state index in [1.807, 2.05) is 18.9 Å². The van der Waals surface area contributed by atoms with Crippen LogP contribution in [0.2, 0.25) is 0 Å². The lowest BCUT2D eigenvalue weighted by Gasteiger charge is -2.42. The molecule has 2 aliphatic heterocycles. The van der Waals surface area contributed by atoms with E-state index in [0.717, 1.165) is 6.54 Å². The van der Waals surface area contributed by atoms with Crippen LogP contribution in [0.5, 0.6) is 11.5 Å². The van der Waals surface area contributed by atoms with E-state index in [1.165, 1.54) is 12.0 Å². The number of likely N-dealkylation sites (N-methyl/N-ethyl adjacent to an activating group) is 1. The van der Waals surface area contributed by atoms with Gasteiger partial charge in [0.2, 0.25) is 0 Å². The summed E-state index contributed by atoms with van der Waals surface area (Å²) in [4.78, 5) is 35.7. The topological polar surface area (TPSA) is 89.1 Å². The van der Waals surface area contributed by atoms with Gasteiger partial charge in [0.1, 0.15) is 17.3 Å². The van der Waals surface area contributed by atoms with E-state index in [0.29, 0.717) is 34.3 Å². The number of halogens is 1. The first-order chi connectivity index (χ1) is 16.7. The minimum Gasteiger partial charge on any atom is -0.508 e. The Morgan fingerprint density at radius 1 is 1.29 bits per heavy atom. The van der Waals surface area contributed by atoms with E-state index in [-0.39, 0.29) is 30.4 Å². The fourth-order valence-corrected chi connectivity index (χ4v) is 5.37. The summed E-state index contributed by atoms with van der Waals surface area (Å²) in [5.74, 6) is -0.661. The summed E-state index contributed by atoms with van der Waals surface area (Å²) in [5, 5.41) is 10.6. The number of phenols is 1. The molecule has 35 heavy (non-hydrogen) atoms. The molecule has 2 aromatic carbocycles. The first kappa shape index (κ1) is 23.2. The number of H-pyrrole nitrogens is 1. The van der Waals surface area contributed by atoms with Crippen LogP contribution < -0.4 is 4.74 Å². The highest BCUT2D eigenvalue weighted by Gasteiger charge is 2.60. The number of phenolic OH excluding ortho intramolecular Hbond substituents is 1. The lowest BCUT2D eigenvalue weighted by Crippen LogP contribution is -2.53. The number of rotatable bonds is 6. The van der Waals surface area contributed by atoms with Gasteiger partial charge < -0.3 is 19.7 Å². The molecule has 0 bridgehead atoms. The Kier molecular flexibility index (Phi) is 5.47. The second kappa shape index (κ2) is 8.27. The molecule has 1 aromatic heterocycles. The summed E-state index contributed by atoms with van der Waals surface area (Å²) < 4.78 is 20.7. The van der Waals surface area contributed by atoms with Crippen LogP contribution in [0.3, 0.4) is 0 Å². The number of aromatic hydroxyl groups is 1. The highest BCUT2D eigenvalue weighted by atomic mass is 19.1. The van der Waals surface area contributed by atoms with Gasteiger partial charge in [0.25, 0.3) is 5.91 Å². The minimum atomic E-state index is -1.21. The highest BCUT2D eigenvalue weighted by Crippen LogP contribution is 2.49. The van der Waals surface area contributed by atoms with Crippen molar-refractivity contribution in [3.8, 4) is 11.5 Å². The number of carbonyl (C=O) groups is 2. The molecule has 2 aliphatic rings. The molecule has 184 valence electrons. The number of hydrogen-bond donors (Lipinski definition) is 2. The normalized spacial score (nSPS) is 21.7. The van der Waals surface area contributed by atoms with Crippen LogP contribution >= 0.6 is 0 Å². The van der Waals surface area contributed by atoms with Gasteiger partial charge in [-0.3, -0.25) is 14.6 Å². The maximum absolute atomic E-state index is 15.5. The fourth-order valence-electron chi connectivity index (χ4n) is 5.37. The van der Waals surface area contributed by atoms with Crippen LogP contribution in [0, 0.1) is 5.82 Å². The molecule has 3 aromatic rings. The highest BCUT2D eigenvalue weighted by molar-refractivity contribution is 6.08. The summed E-state index contributed by atoms with van der Waals surface area (Å²) in [6.07, 6.45) is 0.159. The summed E-state index contributed by atoms with van der Waals surface area (Å²) in [7, 11) is 3.34. The number of amides is 3. The lowest BCUT2D eigenvalue weighted by atomic mass is 9.81. The van der Waals surface area contributed by atoms with Crippen LogP contribution in [0.15, 0.2) is 36.4 Å². The van der Waals surface area contributed by atoms with Crippen molar-refractivity contribution in [1.29, 1.82) is 0 Å². The number of aromatic nitrogens is 1. The van der Waals surface area contributed by atoms with Crippen molar-refractivity contribution in [3.05, 3.63) is 59.0 Å². The van der Waals surface area contributed by atoms with E-state index in [1.54, 1.807) is 48.2 Å². The second-order valence-corrected chi connectivity index (χ2v) is 9.48. The van der Waals surface area contributed by atoms with E-state index >= 15 is 4.39 Å². The molecule has 2 atom stereocenters. The van der Waals surface area contributed by atoms with Crippen molar-refractivity contribution in [2.45, 2.75) is 31.8 Å².